The van der Waals surface area contributed by atoms with Crippen LogP contribution < -0.4 is 4.90 Å². The van der Waals surface area contributed by atoms with E-state index in [1.54, 1.807) is 17.2 Å². The average Bonchev–Trinajstić information content (AvgIpc) is 2.46. The first-order valence-corrected chi connectivity index (χ1v) is 4.87. The quantitative estimate of drug-likeness (QED) is 0.664. The fourth-order valence-corrected chi connectivity index (χ4v) is 1.78. The summed E-state index contributed by atoms with van der Waals surface area (Å²) >= 11 is 5.66. The number of anilines is 1. The molecule has 0 radical (unpaired) electrons. The number of amides is 1. The molecule has 0 N–H and O–H groups in total. The van der Waals surface area contributed by atoms with Crippen LogP contribution in [0.2, 0.25) is 5.28 Å². The van der Waals surface area contributed by atoms with Gasteiger partial charge in [-0.3, -0.25) is 9.69 Å². The number of halogens is 1. The molecule has 14 heavy (non-hydrogen) atoms. The summed E-state index contributed by atoms with van der Waals surface area (Å²) in [5, 5.41) is 0.175. The van der Waals surface area contributed by atoms with Gasteiger partial charge >= 0.3 is 0 Å². The molecule has 1 aliphatic rings. The molecule has 1 aromatic rings. The van der Waals surface area contributed by atoms with Gasteiger partial charge in [-0.2, -0.15) is 0 Å². The van der Waals surface area contributed by atoms with E-state index < -0.39 is 0 Å². The second-order valence-corrected chi connectivity index (χ2v) is 3.67. The van der Waals surface area contributed by atoms with E-state index >= 15 is 0 Å². The number of nitrogens with zero attached hydrogens (tertiary/aromatic N) is 3. The largest absolute Gasteiger partial charge is 0.294 e. The summed E-state index contributed by atoms with van der Waals surface area (Å²) in [6.07, 6.45) is 3.02. The Morgan fingerprint density at radius 3 is 3.00 bits per heavy atom. The summed E-state index contributed by atoms with van der Waals surface area (Å²) in [4.78, 5) is 21.0. The Balaban J connectivity index is 2.34. The Bertz CT molecular complexity index is 369. The molecule has 1 amide bonds. The molecule has 1 saturated heterocycles. The van der Waals surface area contributed by atoms with Gasteiger partial charge in [-0.05, 0) is 31.0 Å². The smallest absolute Gasteiger partial charge is 0.228 e. The summed E-state index contributed by atoms with van der Waals surface area (Å²) in [6.45, 7) is 2.00. The van der Waals surface area contributed by atoms with Crippen molar-refractivity contribution in [3.8, 4) is 0 Å². The minimum atomic E-state index is 0.104. The Hall–Kier alpha value is -1.16. The van der Waals surface area contributed by atoms with E-state index in [1.165, 1.54) is 0 Å². The summed E-state index contributed by atoms with van der Waals surface area (Å²) in [7, 11) is 0. The lowest BCUT2D eigenvalue weighted by molar-refractivity contribution is -0.117. The number of hydrogen-bond donors (Lipinski definition) is 0. The third-order valence-electron chi connectivity index (χ3n) is 2.34. The first kappa shape index (κ1) is 9.40. The predicted octanol–water partition coefficient (Wildman–Crippen LogP) is 1.65. The van der Waals surface area contributed by atoms with E-state index in [1.807, 2.05) is 6.92 Å². The molecule has 1 atom stereocenters. The molecule has 74 valence electrons. The normalized spacial score (nSPS) is 21.7. The number of carbonyl (C=O) groups is 1. The Morgan fingerprint density at radius 1 is 1.64 bits per heavy atom. The van der Waals surface area contributed by atoms with Gasteiger partial charge in [-0.15, -0.1) is 0 Å². The van der Waals surface area contributed by atoms with Gasteiger partial charge in [0.2, 0.25) is 11.2 Å². The van der Waals surface area contributed by atoms with Crippen molar-refractivity contribution in [3.63, 3.8) is 0 Å². The predicted molar refractivity (Wildman–Crippen MR) is 53.2 cm³/mol. The number of hydrogen-bond acceptors (Lipinski definition) is 3. The highest BCUT2D eigenvalue weighted by atomic mass is 35.5. The zero-order chi connectivity index (χ0) is 10.1. The van der Waals surface area contributed by atoms with Crippen LogP contribution in [0.1, 0.15) is 19.8 Å². The molecule has 0 bridgehead atoms. The molecule has 0 aliphatic carbocycles. The van der Waals surface area contributed by atoms with Gasteiger partial charge in [0.25, 0.3) is 0 Å². The fraction of sp³-hybridized carbons (Fsp3) is 0.444. The first-order valence-electron chi connectivity index (χ1n) is 4.49. The third kappa shape index (κ3) is 1.57. The van der Waals surface area contributed by atoms with Gasteiger partial charge in [0.1, 0.15) is 5.82 Å². The van der Waals surface area contributed by atoms with Crippen LogP contribution in [-0.4, -0.2) is 21.9 Å². The molecule has 1 fully saturated rings. The molecule has 4 nitrogen and oxygen atoms in total. The van der Waals surface area contributed by atoms with Crippen molar-refractivity contribution in [2.75, 3.05) is 4.90 Å². The van der Waals surface area contributed by atoms with Crippen LogP contribution in [0.4, 0.5) is 5.82 Å². The van der Waals surface area contributed by atoms with E-state index in [0.717, 1.165) is 6.42 Å². The Kier molecular flexibility index (Phi) is 2.37. The molecule has 0 spiro atoms. The van der Waals surface area contributed by atoms with E-state index in [-0.39, 0.29) is 17.2 Å². The van der Waals surface area contributed by atoms with Crippen LogP contribution in [0.3, 0.4) is 0 Å². The minimum absolute atomic E-state index is 0.104. The van der Waals surface area contributed by atoms with Crippen LogP contribution >= 0.6 is 11.6 Å². The van der Waals surface area contributed by atoms with Crippen molar-refractivity contribution >= 4 is 23.3 Å². The highest BCUT2D eigenvalue weighted by Gasteiger charge is 2.29. The van der Waals surface area contributed by atoms with Gasteiger partial charge in [0, 0.05) is 18.7 Å². The highest BCUT2D eigenvalue weighted by Crippen LogP contribution is 2.24. The molecule has 1 aliphatic heterocycles. The van der Waals surface area contributed by atoms with Crippen molar-refractivity contribution in [2.45, 2.75) is 25.8 Å². The Labute approximate surface area is 86.9 Å². The molecule has 2 heterocycles. The van der Waals surface area contributed by atoms with Crippen molar-refractivity contribution in [1.29, 1.82) is 0 Å². The number of aromatic nitrogens is 2. The van der Waals surface area contributed by atoms with Gasteiger partial charge in [0.05, 0.1) is 0 Å². The molecule has 2 rings (SSSR count). The van der Waals surface area contributed by atoms with E-state index in [0.29, 0.717) is 12.2 Å². The molecule has 1 unspecified atom stereocenters. The van der Waals surface area contributed by atoms with Crippen LogP contribution in [0, 0.1) is 0 Å². The van der Waals surface area contributed by atoms with E-state index in [4.69, 9.17) is 11.6 Å². The lowest BCUT2D eigenvalue weighted by Gasteiger charge is -2.19. The van der Waals surface area contributed by atoms with E-state index in [2.05, 4.69) is 9.97 Å². The molecule has 0 aromatic carbocycles. The van der Waals surface area contributed by atoms with Gasteiger partial charge in [-0.25, -0.2) is 9.97 Å². The molecule has 0 saturated carbocycles. The molecular weight excluding hydrogens is 202 g/mol. The monoisotopic (exact) mass is 211 g/mol. The maximum atomic E-state index is 11.5. The average molecular weight is 212 g/mol. The van der Waals surface area contributed by atoms with Crippen LogP contribution in [0.25, 0.3) is 0 Å². The number of rotatable bonds is 1. The van der Waals surface area contributed by atoms with Gasteiger partial charge in [-0.1, -0.05) is 0 Å². The summed E-state index contributed by atoms with van der Waals surface area (Å²) in [5.74, 6) is 0.701. The number of carbonyl (C=O) groups excluding carboxylic acids is 1. The van der Waals surface area contributed by atoms with Gasteiger partial charge in [0.15, 0.2) is 0 Å². The first-order chi connectivity index (χ1) is 6.68. The maximum Gasteiger partial charge on any atom is 0.228 e. The molecule has 5 heteroatoms. The lowest BCUT2D eigenvalue weighted by Crippen LogP contribution is -2.31. The maximum absolute atomic E-state index is 11.5. The van der Waals surface area contributed by atoms with Crippen molar-refractivity contribution < 1.29 is 4.79 Å². The standard InChI is InChI=1S/C9H10ClN3O/c1-6-2-3-8(14)13(6)7-4-5-11-9(10)12-7/h4-6H,2-3H2,1H3. The fourth-order valence-electron chi connectivity index (χ4n) is 1.64. The summed E-state index contributed by atoms with van der Waals surface area (Å²) in [6, 6.07) is 1.90. The summed E-state index contributed by atoms with van der Waals surface area (Å²) < 4.78 is 0. The van der Waals surface area contributed by atoms with Crippen LogP contribution in [-0.2, 0) is 4.79 Å². The third-order valence-corrected chi connectivity index (χ3v) is 2.53. The molecular formula is C9H10ClN3O. The van der Waals surface area contributed by atoms with E-state index in [9.17, 15) is 4.79 Å². The Morgan fingerprint density at radius 2 is 2.43 bits per heavy atom. The topological polar surface area (TPSA) is 46.1 Å². The highest BCUT2D eigenvalue weighted by molar-refractivity contribution is 6.28. The second-order valence-electron chi connectivity index (χ2n) is 3.34. The van der Waals surface area contributed by atoms with Crippen LogP contribution in [0.5, 0.6) is 0 Å². The van der Waals surface area contributed by atoms with Crippen LogP contribution in [0.15, 0.2) is 12.3 Å². The minimum Gasteiger partial charge on any atom is -0.294 e. The van der Waals surface area contributed by atoms with Crippen molar-refractivity contribution in [3.05, 3.63) is 17.5 Å². The van der Waals surface area contributed by atoms with Crippen molar-refractivity contribution in [1.82, 2.24) is 9.97 Å². The summed E-state index contributed by atoms with van der Waals surface area (Å²) in [5.41, 5.74) is 0. The zero-order valence-corrected chi connectivity index (χ0v) is 8.53. The van der Waals surface area contributed by atoms with Gasteiger partial charge < -0.3 is 0 Å². The lowest BCUT2D eigenvalue weighted by atomic mass is 10.2. The SMILES string of the molecule is CC1CCC(=O)N1c1ccnc(Cl)n1. The molecule has 1 aromatic heterocycles. The second kappa shape index (κ2) is 3.53. The van der Waals surface area contributed by atoms with Crippen molar-refractivity contribution in [2.24, 2.45) is 0 Å². The zero-order valence-electron chi connectivity index (χ0n) is 7.77.